The van der Waals surface area contributed by atoms with Crippen molar-refractivity contribution in [2.45, 2.75) is 50.1 Å². The van der Waals surface area contributed by atoms with Gasteiger partial charge in [0.1, 0.15) is 5.82 Å². The van der Waals surface area contributed by atoms with Gasteiger partial charge in [0.2, 0.25) is 5.91 Å². The molecule has 0 radical (unpaired) electrons. The first-order valence-corrected chi connectivity index (χ1v) is 8.93. The molecule has 0 unspecified atom stereocenters. The van der Waals surface area contributed by atoms with Crippen LogP contribution in [0.15, 0.2) is 5.16 Å². The fourth-order valence-electron chi connectivity index (χ4n) is 2.95. The first-order valence-electron chi connectivity index (χ1n) is 7.95. The Labute approximate surface area is 130 Å². The Kier molecular flexibility index (Phi) is 4.52. The third-order valence-electron chi connectivity index (χ3n) is 4.80. The van der Waals surface area contributed by atoms with E-state index in [-0.39, 0.29) is 5.91 Å². The molecule has 5 nitrogen and oxygen atoms in total. The predicted octanol–water partition coefficient (Wildman–Crippen LogP) is 2.43. The van der Waals surface area contributed by atoms with Crippen molar-refractivity contribution in [1.82, 2.24) is 19.7 Å². The number of hydrogen-bond donors (Lipinski definition) is 0. The standard InChI is InChI=1S/C15H24N4OS/c1-11-6-8-19(9-7-11)13(20)10-21-15-17-16-14(18(15)2)12-4-3-5-12/h11-12H,3-10H2,1-2H3. The van der Waals surface area contributed by atoms with Gasteiger partial charge in [0.15, 0.2) is 5.16 Å². The van der Waals surface area contributed by atoms with Gasteiger partial charge < -0.3 is 9.47 Å². The summed E-state index contributed by atoms with van der Waals surface area (Å²) in [5.41, 5.74) is 0. The number of hydrogen-bond acceptors (Lipinski definition) is 4. The summed E-state index contributed by atoms with van der Waals surface area (Å²) in [4.78, 5) is 14.2. The van der Waals surface area contributed by atoms with Gasteiger partial charge in [-0.2, -0.15) is 0 Å². The van der Waals surface area contributed by atoms with Gasteiger partial charge in [-0.25, -0.2) is 0 Å². The smallest absolute Gasteiger partial charge is 0.233 e. The molecule has 2 aliphatic rings. The summed E-state index contributed by atoms with van der Waals surface area (Å²) in [6, 6.07) is 0. The van der Waals surface area contributed by atoms with Crippen LogP contribution in [0.4, 0.5) is 0 Å². The summed E-state index contributed by atoms with van der Waals surface area (Å²) in [5, 5.41) is 9.43. The van der Waals surface area contributed by atoms with Crippen molar-refractivity contribution in [2.24, 2.45) is 13.0 Å². The normalized spacial score (nSPS) is 20.6. The predicted molar refractivity (Wildman–Crippen MR) is 83.3 cm³/mol. The number of piperidine rings is 1. The third kappa shape index (κ3) is 3.25. The van der Waals surface area contributed by atoms with E-state index in [1.807, 2.05) is 11.9 Å². The number of thioether (sulfide) groups is 1. The summed E-state index contributed by atoms with van der Waals surface area (Å²) in [6.45, 7) is 4.08. The van der Waals surface area contributed by atoms with Crippen LogP contribution in [0, 0.1) is 5.92 Å². The molecule has 1 aliphatic carbocycles. The Morgan fingerprint density at radius 1 is 1.24 bits per heavy atom. The van der Waals surface area contributed by atoms with Gasteiger partial charge in [0.25, 0.3) is 0 Å². The molecule has 2 heterocycles. The molecule has 1 aromatic heterocycles. The molecule has 1 aliphatic heterocycles. The summed E-state index contributed by atoms with van der Waals surface area (Å²) < 4.78 is 2.07. The number of carbonyl (C=O) groups excluding carboxylic acids is 1. The van der Waals surface area contributed by atoms with Crippen molar-refractivity contribution in [2.75, 3.05) is 18.8 Å². The molecule has 6 heteroatoms. The SMILES string of the molecule is CC1CCN(C(=O)CSc2nnc(C3CCC3)n2C)CC1. The number of nitrogens with zero attached hydrogens (tertiary/aromatic N) is 4. The van der Waals surface area contributed by atoms with Crippen LogP contribution in [0.3, 0.4) is 0 Å². The van der Waals surface area contributed by atoms with Crippen molar-refractivity contribution in [3.05, 3.63) is 5.82 Å². The van der Waals surface area contributed by atoms with E-state index in [9.17, 15) is 4.79 Å². The van der Waals surface area contributed by atoms with Crippen molar-refractivity contribution in [1.29, 1.82) is 0 Å². The van der Waals surface area contributed by atoms with Crippen LogP contribution in [-0.4, -0.2) is 44.4 Å². The molecule has 1 amide bonds. The highest BCUT2D eigenvalue weighted by molar-refractivity contribution is 7.99. The lowest BCUT2D eigenvalue weighted by Gasteiger charge is -2.30. The second kappa shape index (κ2) is 6.38. The summed E-state index contributed by atoms with van der Waals surface area (Å²) in [5.74, 6) is 3.13. The highest BCUT2D eigenvalue weighted by Gasteiger charge is 2.26. The maximum absolute atomic E-state index is 12.2. The highest BCUT2D eigenvalue weighted by Crippen LogP contribution is 2.36. The Bertz CT molecular complexity index is 504. The molecule has 116 valence electrons. The van der Waals surface area contributed by atoms with Crippen LogP contribution in [0.2, 0.25) is 0 Å². The average molecular weight is 308 g/mol. The van der Waals surface area contributed by atoms with E-state index in [0.717, 1.165) is 42.8 Å². The topological polar surface area (TPSA) is 51.0 Å². The molecular weight excluding hydrogens is 284 g/mol. The van der Waals surface area contributed by atoms with Gasteiger partial charge in [0.05, 0.1) is 5.75 Å². The van der Waals surface area contributed by atoms with Crippen molar-refractivity contribution in [3.8, 4) is 0 Å². The highest BCUT2D eigenvalue weighted by atomic mass is 32.2. The number of rotatable bonds is 4. The van der Waals surface area contributed by atoms with Crippen LogP contribution in [0.25, 0.3) is 0 Å². The second-order valence-corrected chi connectivity index (χ2v) is 7.32. The number of amides is 1. The number of carbonyl (C=O) groups is 1. The Morgan fingerprint density at radius 3 is 2.57 bits per heavy atom. The minimum absolute atomic E-state index is 0.236. The van der Waals surface area contributed by atoms with Crippen LogP contribution in [0.5, 0.6) is 0 Å². The van der Waals surface area contributed by atoms with Gasteiger partial charge in [-0.15, -0.1) is 10.2 Å². The summed E-state index contributed by atoms with van der Waals surface area (Å²) in [6.07, 6.45) is 6.01. The van der Waals surface area contributed by atoms with E-state index < -0.39 is 0 Å². The van der Waals surface area contributed by atoms with Crippen LogP contribution < -0.4 is 0 Å². The van der Waals surface area contributed by atoms with Gasteiger partial charge >= 0.3 is 0 Å². The van der Waals surface area contributed by atoms with E-state index in [1.54, 1.807) is 0 Å². The third-order valence-corrected chi connectivity index (χ3v) is 5.80. The van der Waals surface area contributed by atoms with Crippen LogP contribution in [0.1, 0.15) is 50.8 Å². The van der Waals surface area contributed by atoms with Crippen LogP contribution >= 0.6 is 11.8 Å². The zero-order chi connectivity index (χ0) is 14.8. The molecule has 0 spiro atoms. The molecule has 0 atom stereocenters. The van der Waals surface area contributed by atoms with Crippen molar-refractivity contribution in [3.63, 3.8) is 0 Å². The van der Waals surface area contributed by atoms with Crippen molar-refractivity contribution >= 4 is 17.7 Å². The first kappa shape index (κ1) is 14.9. The van der Waals surface area contributed by atoms with E-state index in [1.165, 1.54) is 31.0 Å². The quantitative estimate of drug-likeness (QED) is 0.802. The monoisotopic (exact) mass is 308 g/mol. The molecule has 0 aromatic carbocycles. The largest absolute Gasteiger partial charge is 0.342 e. The first-order chi connectivity index (χ1) is 10.1. The maximum Gasteiger partial charge on any atom is 0.233 e. The molecule has 1 aromatic rings. The lowest BCUT2D eigenvalue weighted by atomic mass is 9.85. The molecule has 0 bridgehead atoms. The Balaban J connectivity index is 1.52. The number of aromatic nitrogens is 3. The molecule has 21 heavy (non-hydrogen) atoms. The van der Waals surface area contributed by atoms with Crippen LogP contribution in [-0.2, 0) is 11.8 Å². The van der Waals surface area contributed by atoms with Gasteiger partial charge in [0, 0.05) is 26.1 Å². The lowest BCUT2D eigenvalue weighted by Crippen LogP contribution is -2.38. The Morgan fingerprint density at radius 2 is 1.95 bits per heavy atom. The van der Waals surface area contributed by atoms with E-state index in [0.29, 0.717) is 11.7 Å². The lowest BCUT2D eigenvalue weighted by molar-refractivity contribution is -0.129. The fourth-order valence-corrected chi connectivity index (χ4v) is 3.77. The summed E-state index contributed by atoms with van der Waals surface area (Å²) >= 11 is 1.52. The average Bonchev–Trinajstić information content (AvgIpc) is 2.77. The molecular formula is C15H24N4OS. The van der Waals surface area contributed by atoms with E-state index in [4.69, 9.17) is 0 Å². The van der Waals surface area contributed by atoms with Gasteiger partial charge in [-0.3, -0.25) is 4.79 Å². The second-order valence-electron chi connectivity index (χ2n) is 6.38. The minimum Gasteiger partial charge on any atom is -0.342 e. The maximum atomic E-state index is 12.2. The van der Waals surface area contributed by atoms with Crippen molar-refractivity contribution < 1.29 is 4.79 Å². The number of likely N-dealkylation sites (tertiary alicyclic amines) is 1. The molecule has 3 rings (SSSR count). The molecule has 2 fully saturated rings. The minimum atomic E-state index is 0.236. The zero-order valence-electron chi connectivity index (χ0n) is 12.9. The van der Waals surface area contributed by atoms with Gasteiger partial charge in [-0.05, 0) is 31.6 Å². The van der Waals surface area contributed by atoms with E-state index in [2.05, 4.69) is 21.7 Å². The zero-order valence-corrected chi connectivity index (χ0v) is 13.7. The Hall–Kier alpha value is -1.04. The molecule has 0 N–H and O–H groups in total. The van der Waals surface area contributed by atoms with Gasteiger partial charge in [-0.1, -0.05) is 25.1 Å². The fraction of sp³-hybridized carbons (Fsp3) is 0.800. The molecule has 1 saturated heterocycles. The molecule has 1 saturated carbocycles. The van der Waals surface area contributed by atoms with E-state index >= 15 is 0 Å². The summed E-state index contributed by atoms with van der Waals surface area (Å²) in [7, 11) is 2.02.